The fraction of sp³-hybridized carbons (Fsp3) is 0.176. The number of nitrogens with one attached hydrogen (secondary N) is 1. The van der Waals surface area contributed by atoms with Gasteiger partial charge in [0.1, 0.15) is 11.5 Å². The molecule has 0 fully saturated rings. The monoisotopic (exact) mass is 359 g/mol. The molecule has 0 aliphatic heterocycles. The van der Waals surface area contributed by atoms with Gasteiger partial charge in [0.2, 0.25) is 0 Å². The third-order valence-electron chi connectivity index (χ3n) is 3.79. The summed E-state index contributed by atoms with van der Waals surface area (Å²) >= 11 is 6.08. The van der Waals surface area contributed by atoms with Gasteiger partial charge in [0, 0.05) is 23.0 Å². The number of halogens is 2. The smallest absolute Gasteiger partial charge is 0.275 e. The molecule has 0 saturated carbocycles. The van der Waals surface area contributed by atoms with Crippen LogP contribution in [0.4, 0.5) is 10.1 Å². The topological polar surface area (TPSA) is 72.7 Å². The Bertz CT molecular complexity index is 906. The number of aryl methyl sites for hydroxylation is 1. The maximum Gasteiger partial charge on any atom is 0.275 e. The molecule has 3 aromatic rings. The highest BCUT2D eigenvalue weighted by molar-refractivity contribution is 6.31. The Kier molecular flexibility index (Phi) is 4.76. The van der Waals surface area contributed by atoms with Gasteiger partial charge in [-0.1, -0.05) is 17.7 Å². The number of aromatic nitrogens is 4. The highest BCUT2D eigenvalue weighted by Gasteiger charge is 2.17. The zero-order chi connectivity index (χ0) is 18.0. The second kappa shape index (κ2) is 6.98. The Balaban J connectivity index is 1.87. The SMILES string of the molecule is Cc1nn(Cc2c(F)cccc2Cl)c(C)c1NC(=O)c1cnccn1. The van der Waals surface area contributed by atoms with Gasteiger partial charge in [-0.25, -0.2) is 9.37 Å². The molecule has 0 atom stereocenters. The van der Waals surface area contributed by atoms with Gasteiger partial charge in [0.25, 0.3) is 5.91 Å². The molecule has 0 aliphatic carbocycles. The fourth-order valence-corrected chi connectivity index (χ4v) is 2.68. The number of hydrogen-bond donors (Lipinski definition) is 1. The van der Waals surface area contributed by atoms with E-state index in [1.165, 1.54) is 24.7 Å². The number of hydrogen-bond acceptors (Lipinski definition) is 4. The van der Waals surface area contributed by atoms with E-state index in [0.717, 1.165) is 0 Å². The second-order valence-electron chi connectivity index (χ2n) is 5.45. The van der Waals surface area contributed by atoms with E-state index in [4.69, 9.17) is 11.6 Å². The van der Waals surface area contributed by atoms with Gasteiger partial charge in [-0.3, -0.25) is 14.5 Å². The first-order chi connectivity index (χ1) is 12.0. The first kappa shape index (κ1) is 17.0. The molecule has 1 amide bonds. The van der Waals surface area contributed by atoms with Crippen molar-refractivity contribution in [3.8, 4) is 0 Å². The van der Waals surface area contributed by atoms with Crippen molar-refractivity contribution in [2.75, 3.05) is 5.32 Å². The zero-order valence-electron chi connectivity index (χ0n) is 13.6. The zero-order valence-corrected chi connectivity index (χ0v) is 14.4. The van der Waals surface area contributed by atoms with Crippen molar-refractivity contribution in [2.45, 2.75) is 20.4 Å². The number of amides is 1. The van der Waals surface area contributed by atoms with Gasteiger partial charge < -0.3 is 5.32 Å². The first-order valence-corrected chi connectivity index (χ1v) is 7.89. The fourth-order valence-electron chi connectivity index (χ4n) is 2.46. The summed E-state index contributed by atoms with van der Waals surface area (Å²) in [6, 6.07) is 4.53. The summed E-state index contributed by atoms with van der Waals surface area (Å²) in [5.74, 6) is -0.784. The number of rotatable bonds is 4. The molecule has 8 heteroatoms. The molecule has 1 N–H and O–H groups in total. The van der Waals surface area contributed by atoms with Crippen LogP contribution in [0.3, 0.4) is 0 Å². The Labute approximate surface area is 148 Å². The molecular formula is C17H15ClFN5O. The normalized spacial score (nSPS) is 10.7. The average molecular weight is 360 g/mol. The number of nitrogens with zero attached hydrogens (tertiary/aromatic N) is 4. The number of benzene rings is 1. The van der Waals surface area contributed by atoms with Crippen molar-refractivity contribution in [1.29, 1.82) is 0 Å². The lowest BCUT2D eigenvalue weighted by Crippen LogP contribution is -2.15. The molecule has 25 heavy (non-hydrogen) atoms. The summed E-state index contributed by atoms with van der Waals surface area (Å²) in [4.78, 5) is 20.1. The first-order valence-electron chi connectivity index (χ1n) is 7.51. The van der Waals surface area contributed by atoms with Gasteiger partial charge in [0.15, 0.2) is 0 Å². The van der Waals surface area contributed by atoms with Crippen LogP contribution in [0.5, 0.6) is 0 Å². The van der Waals surface area contributed by atoms with E-state index in [0.29, 0.717) is 27.7 Å². The Morgan fingerprint density at radius 1 is 1.32 bits per heavy atom. The summed E-state index contributed by atoms with van der Waals surface area (Å²) < 4.78 is 15.6. The predicted molar refractivity (Wildman–Crippen MR) is 92.2 cm³/mol. The van der Waals surface area contributed by atoms with Crippen LogP contribution in [-0.2, 0) is 6.54 Å². The third kappa shape index (κ3) is 3.51. The molecule has 1 aromatic carbocycles. The van der Waals surface area contributed by atoms with Crippen LogP contribution < -0.4 is 5.32 Å². The molecule has 2 heterocycles. The molecule has 0 spiro atoms. The predicted octanol–water partition coefficient (Wildman–Crippen LogP) is 3.38. The molecule has 3 rings (SSSR count). The van der Waals surface area contributed by atoms with Gasteiger partial charge in [-0.2, -0.15) is 5.10 Å². The van der Waals surface area contributed by atoms with E-state index >= 15 is 0 Å². The molecule has 0 bridgehead atoms. The minimum Gasteiger partial charge on any atom is -0.317 e. The summed E-state index contributed by atoms with van der Waals surface area (Å²) in [7, 11) is 0. The number of anilines is 1. The van der Waals surface area contributed by atoms with Crippen molar-refractivity contribution < 1.29 is 9.18 Å². The quantitative estimate of drug-likeness (QED) is 0.775. The number of carbonyl (C=O) groups is 1. The lowest BCUT2D eigenvalue weighted by atomic mass is 10.2. The Morgan fingerprint density at radius 2 is 2.12 bits per heavy atom. The second-order valence-corrected chi connectivity index (χ2v) is 5.86. The molecule has 128 valence electrons. The van der Waals surface area contributed by atoms with Crippen LogP contribution in [0.15, 0.2) is 36.8 Å². The summed E-state index contributed by atoms with van der Waals surface area (Å²) in [5, 5.41) is 7.48. The van der Waals surface area contributed by atoms with Gasteiger partial charge in [-0.15, -0.1) is 0 Å². The van der Waals surface area contributed by atoms with E-state index in [9.17, 15) is 9.18 Å². The minimum atomic E-state index is -0.398. The molecule has 0 saturated heterocycles. The van der Waals surface area contributed by atoms with Crippen LogP contribution in [-0.4, -0.2) is 25.7 Å². The molecular weight excluding hydrogens is 345 g/mol. The maximum atomic E-state index is 14.0. The molecule has 0 aliphatic rings. The summed E-state index contributed by atoms with van der Waals surface area (Å²) in [5.41, 5.74) is 2.41. The minimum absolute atomic E-state index is 0.166. The lowest BCUT2D eigenvalue weighted by molar-refractivity contribution is 0.102. The van der Waals surface area contributed by atoms with E-state index in [-0.39, 0.29) is 18.1 Å². The maximum absolute atomic E-state index is 14.0. The largest absolute Gasteiger partial charge is 0.317 e. The Hall–Kier alpha value is -2.80. The lowest BCUT2D eigenvalue weighted by Gasteiger charge is -2.09. The van der Waals surface area contributed by atoms with Crippen LogP contribution in [0.2, 0.25) is 5.02 Å². The van der Waals surface area contributed by atoms with Crippen molar-refractivity contribution >= 4 is 23.2 Å². The van der Waals surface area contributed by atoms with Crippen LogP contribution in [0, 0.1) is 19.7 Å². The van der Waals surface area contributed by atoms with Gasteiger partial charge >= 0.3 is 0 Å². The van der Waals surface area contributed by atoms with E-state index in [1.54, 1.807) is 30.7 Å². The van der Waals surface area contributed by atoms with E-state index in [1.807, 2.05) is 0 Å². The van der Waals surface area contributed by atoms with Crippen LogP contribution in [0.25, 0.3) is 0 Å². The van der Waals surface area contributed by atoms with Crippen LogP contribution >= 0.6 is 11.6 Å². The van der Waals surface area contributed by atoms with Gasteiger partial charge in [0.05, 0.1) is 29.8 Å². The molecule has 0 radical (unpaired) electrons. The van der Waals surface area contributed by atoms with Crippen molar-refractivity contribution in [3.63, 3.8) is 0 Å². The summed E-state index contributed by atoms with van der Waals surface area (Å²) in [6.07, 6.45) is 4.31. The highest BCUT2D eigenvalue weighted by Crippen LogP contribution is 2.24. The molecule has 2 aromatic heterocycles. The van der Waals surface area contributed by atoms with E-state index in [2.05, 4.69) is 20.4 Å². The standard InChI is InChI=1S/C17H15ClFN5O/c1-10-16(22-17(25)15-8-20-6-7-21-15)11(2)24(23-10)9-12-13(18)4-3-5-14(12)19/h3-8H,9H2,1-2H3,(H,22,25). The Morgan fingerprint density at radius 3 is 2.80 bits per heavy atom. The van der Waals surface area contributed by atoms with Crippen molar-refractivity contribution in [1.82, 2.24) is 19.7 Å². The van der Waals surface area contributed by atoms with Crippen LogP contribution in [0.1, 0.15) is 27.4 Å². The third-order valence-corrected chi connectivity index (χ3v) is 4.14. The number of carbonyl (C=O) groups excluding carboxylic acids is 1. The molecule has 6 nitrogen and oxygen atoms in total. The summed E-state index contributed by atoms with van der Waals surface area (Å²) in [6.45, 7) is 3.72. The average Bonchev–Trinajstić information content (AvgIpc) is 2.86. The van der Waals surface area contributed by atoms with Crippen molar-refractivity contribution in [3.05, 3.63) is 70.3 Å². The highest BCUT2D eigenvalue weighted by atomic mass is 35.5. The van der Waals surface area contributed by atoms with Gasteiger partial charge in [-0.05, 0) is 26.0 Å². The molecule has 0 unspecified atom stereocenters. The van der Waals surface area contributed by atoms with Crippen molar-refractivity contribution in [2.24, 2.45) is 0 Å². The van der Waals surface area contributed by atoms with E-state index < -0.39 is 5.82 Å².